The summed E-state index contributed by atoms with van der Waals surface area (Å²) in [6.07, 6.45) is 2.60. The lowest BCUT2D eigenvalue weighted by atomic mass is 10.1. The maximum Gasteiger partial charge on any atom is 0.322 e. The van der Waals surface area contributed by atoms with Crippen molar-refractivity contribution in [1.29, 1.82) is 0 Å². The van der Waals surface area contributed by atoms with E-state index in [2.05, 4.69) is 22.4 Å². The lowest BCUT2D eigenvalue weighted by Gasteiger charge is -2.22. The maximum absolute atomic E-state index is 12.8. The number of amides is 2. The Balaban J connectivity index is 1.51. The molecule has 0 radical (unpaired) electrons. The molecule has 0 bridgehead atoms. The van der Waals surface area contributed by atoms with Crippen LogP contribution in [0.2, 0.25) is 5.02 Å². The van der Waals surface area contributed by atoms with Crippen LogP contribution in [-0.4, -0.2) is 27.6 Å². The van der Waals surface area contributed by atoms with Gasteiger partial charge in [0.25, 0.3) is 0 Å². The van der Waals surface area contributed by atoms with Crippen molar-refractivity contribution in [3.05, 3.63) is 65.0 Å². The highest BCUT2D eigenvalue weighted by Gasteiger charge is 2.34. The van der Waals surface area contributed by atoms with Gasteiger partial charge < -0.3 is 14.7 Å². The van der Waals surface area contributed by atoms with E-state index in [4.69, 9.17) is 16.1 Å². The molecular formula is C21H21ClN4O2. The first-order valence-corrected chi connectivity index (χ1v) is 9.78. The number of anilines is 1. The molecule has 2 aromatic carbocycles. The third kappa shape index (κ3) is 3.87. The van der Waals surface area contributed by atoms with Crippen LogP contribution >= 0.6 is 11.6 Å². The van der Waals surface area contributed by atoms with Crippen LogP contribution in [0.15, 0.2) is 53.1 Å². The van der Waals surface area contributed by atoms with Gasteiger partial charge in [-0.25, -0.2) is 4.79 Å². The van der Waals surface area contributed by atoms with Crippen molar-refractivity contribution in [2.24, 2.45) is 0 Å². The summed E-state index contributed by atoms with van der Waals surface area (Å²) in [5.41, 5.74) is 2.76. The Labute approximate surface area is 168 Å². The van der Waals surface area contributed by atoms with Gasteiger partial charge in [0.05, 0.1) is 0 Å². The van der Waals surface area contributed by atoms with E-state index in [9.17, 15) is 4.79 Å². The standard InChI is InChI=1S/C21H21ClN4O2/c1-2-14-6-3-9-17(12-14)23-21(27)26-11-5-10-18(26)20-24-19(25-28-20)15-7-4-8-16(22)13-15/h3-4,6-9,12-13,18H,2,5,10-11H2,1H3,(H,23,27). The minimum absolute atomic E-state index is 0.154. The molecule has 0 saturated carbocycles. The third-order valence-electron chi connectivity index (χ3n) is 4.91. The summed E-state index contributed by atoms with van der Waals surface area (Å²) < 4.78 is 5.48. The number of likely N-dealkylation sites (tertiary alicyclic amines) is 1. The summed E-state index contributed by atoms with van der Waals surface area (Å²) in [6, 6.07) is 14.8. The highest BCUT2D eigenvalue weighted by Crippen LogP contribution is 2.33. The van der Waals surface area contributed by atoms with Crippen molar-refractivity contribution in [2.75, 3.05) is 11.9 Å². The van der Waals surface area contributed by atoms with Crippen LogP contribution in [0.4, 0.5) is 10.5 Å². The summed E-state index contributed by atoms with van der Waals surface area (Å²) in [5.74, 6) is 0.922. The number of aryl methyl sites for hydroxylation is 1. The normalized spacial score (nSPS) is 16.4. The number of benzene rings is 2. The third-order valence-corrected chi connectivity index (χ3v) is 5.14. The molecule has 4 rings (SSSR count). The van der Waals surface area contributed by atoms with Gasteiger partial charge in [0, 0.05) is 22.8 Å². The maximum atomic E-state index is 12.8. The van der Waals surface area contributed by atoms with E-state index in [-0.39, 0.29) is 12.1 Å². The fraction of sp³-hybridized carbons (Fsp3) is 0.286. The molecule has 1 atom stereocenters. The number of nitrogens with zero attached hydrogens (tertiary/aromatic N) is 3. The van der Waals surface area contributed by atoms with E-state index in [0.717, 1.165) is 30.5 Å². The van der Waals surface area contributed by atoms with Gasteiger partial charge in [-0.05, 0) is 49.1 Å². The molecule has 6 nitrogen and oxygen atoms in total. The van der Waals surface area contributed by atoms with Crippen molar-refractivity contribution >= 4 is 23.3 Å². The molecule has 1 fully saturated rings. The monoisotopic (exact) mass is 396 g/mol. The Kier molecular flexibility index (Phi) is 5.30. The van der Waals surface area contributed by atoms with Gasteiger partial charge in [-0.15, -0.1) is 0 Å². The molecule has 2 amide bonds. The number of carbonyl (C=O) groups excluding carboxylic acids is 1. The quantitative estimate of drug-likeness (QED) is 0.647. The average molecular weight is 397 g/mol. The fourth-order valence-electron chi connectivity index (χ4n) is 3.45. The van der Waals surface area contributed by atoms with Crippen molar-refractivity contribution in [3.8, 4) is 11.4 Å². The smallest absolute Gasteiger partial charge is 0.322 e. The summed E-state index contributed by atoms with van der Waals surface area (Å²) in [4.78, 5) is 19.1. The summed E-state index contributed by atoms with van der Waals surface area (Å²) in [7, 11) is 0. The van der Waals surface area contributed by atoms with E-state index in [0.29, 0.717) is 23.3 Å². The van der Waals surface area contributed by atoms with Crippen LogP contribution in [0, 0.1) is 0 Å². The first-order valence-electron chi connectivity index (χ1n) is 9.40. The first-order chi connectivity index (χ1) is 13.6. The van der Waals surface area contributed by atoms with E-state index in [1.165, 1.54) is 5.56 Å². The fourth-order valence-corrected chi connectivity index (χ4v) is 3.64. The molecule has 28 heavy (non-hydrogen) atoms. The second kappa shape index (κ2) is 8.02. The van der Waals surface area contributed by atoms with Crippen LogP contribution in [0.3, 0.4) is 0 Å². The zero-order valence-corrected chi connectivity index (χ0v) is 16.3. The largest absolute Gasteiger partial charge is 0.337 e. The van der Waals surface area contributed by atoms with Crippen LogP contribution in [-0.2, 0) is 6.42 Å². The molecule has 1 aliphatic heterocycles. The van der Waals surface area contributed by atoms with E-state index < -0.39 is 0 Å². The molecule has 7 heteroatoms. The molecule has 0 spiro atoms. The van der Waals surface area contributed by atoms with Gasteiger partial charge in [0.15, 0.2) is 0 Å². The first kappa shape index (κ1) is 18.5. The minimum Gasteiger partial charge on any atom is -0.337 e. The molecular weight excluding hydrogens is 376 g/mol. The number of aromatic nitrogens is 2. The van der Waals surface area contributed by atoms with Crippen molar-refractivity contribution < 1.29 is 9.32 Å². The summed E-state index contributed by atoms with van der Waals surface area (Å²) in [5, 5.41) is 7.66. The van der Waals surface area contributed by atoms with Crippen LogP contribution in [0.5, 0.6) is 0 Å². The van der Waals surface area contributed by atoms with Gasteiger partial charge >= 0.3 is 6.03 Å². The molecule has 144 valence electrons. The molecule has 1 aromatic heterocycles. The lowest BCUT2D eigenvalue weighted by molar-refractivity contribution is 0.193. The Hall–Kier alpha value is -2.86. The Morgan fingerprint density at radius 1 is 1.29 bits per heavy atom. The van der Waals surface area contributed by atoms with E-state index in [1.807, 2.05) is 36.4 Å². The van der Waals surface area contributed by atoms with Gasteiger partial charge in [-0.3, -0.25) is 0 Å². The van der Waals surface area contributed by atoms with Crippen molar-refractivity contribution in [1.82, 2.24) is 15.0 Å². The van der Waals surface area contributed by atoms with Gasteiger partial charge in [0.1, 0.15) is 6.04 Å². The highest BCUT2D eigenvalue weighted by atomic mass is 35.5. The number of hydrogen-bond donors (Lipinski definition) is 1. The zero-order valence-electron chi connectivity index (χ0n) is 15.6. The molecule has 1 aliphatic rings. The molecule has 0 aliphatic carbocycles. The zero-order chi connectivity index (χ0) is 19.5. The number of halogens is 1. The van der Waals surface area contributed by atoms with Crippen LogP contribution in [0.1, 0.15) is 37.3 Å². The Bertz CT molecular complexity index is 988. The second-order valence-electron chi connectivity index (χ2n) is 6.80. The predicted molar refractivity (Wildman–Crippen MR) is 108 cm³/mol. The summed E-state index contributed by atoms with van der Waals surface area (Å²) >= 11 is 6.04. The van der Waals surface area contributed by atoms with Gasteiger partial charge in [-0.2, -0.15) is 4.98 Å². The molecule has 3 aromatic rings. The van der Waals surface area contributed by atoms with Crippen LogP contribution < -0.4 is 5.32 Å². The average Bonchev–Trinajstić information content (AvgIpc) is 3.37. The number of carbonyl (C=O) groups is 1. The van der Waals surface area contributed by atoms with E-state index >= 15 is 0 Å². The minimum atomic E-state index is -0.227. The number of urea groups is 1. The van der Waals surface area contributed by atoms with Crippen molar-refractivity contribution in [3.63, 3.8) is 0 Å². The highest BCUT2D eigenvalue weighted by molar-refractivity contribution is 6.30. The number of nitrogens with one attached hydrogen (secondary N) is 1. The predicted octanol–water partition coefficient (Wildman–Crippen LogP) is 5.32. The van der Waals surface area contributed by atoms with Crippen molar-refractivity contribution in [2.45, 2.75) is 32.2 Å². The molecule has 1 saturated heterocycles. The summed E-state index contributed by atoms with van der Waals surface area (Å²) in [6.45, 7) is 2.74. The Morgan fingerprint density at radius 3 is 2.96 bits per heavy atom. The van der Waals surface area contributed by atoms with E-state index in [1.54, 1.807) is 17.0 Å². The topological polar surface area (TPSA) is 71.3 Å². The van der Waals surface area contributed by atoms with Crippen LogP contribution in [0.25, 0.3) is 11.4 Å². The van der Waals surface area contributed by atoms with Gasteiger partial charge in [0.2, 0.25) is 11.7 Å². The number of rotatable bonds is 4. The molecule has 1 unspecified atom stereocenters. The SMILES string of the molecule is CCc1cccc(NC(=O)N2CCCC2c2nc(-c3cccc(Cl)c3)no2)c1. The Morgan fingerprint density at radius 2 is 2.14 bits per heavy atom. The lowest BCUT2D eigenvalue weighted by Crippen LogP contribution is -2.34. The number of hydrogen-bond acceptors (Lipinski definition) is 4. The van der Waals surface area contributed by atoms with Gasteiger partial charge in [-0.1, -0.05) is 47.9 Å². The molecule has 2 heterocycles. The second-order valence-corrected chi connectivity index (χ2v) is 7.24. The molecule has 1 N–H and O–H groups in total.